The Bertz CT molecular complexity index is 1410. The number of carbonyl (C=O) groups excluding carboxylic acids is 1. The van der Waals surface area contributed by atoms with Gasteiger partial charge in [-0.3, -0.25) is 14.9 Å². The molecule has 3 aromatic rings. The molecule has 0 fully saturated rings. The van der Waals surface area contributed by atoms with Crippen LogP contribution in [0.15, 0.2) is 84.9 Å². The summed E-state index contributed by atoms with van der Waals surface area (Å²) < 4.78 is 5.77. The third kappa shape index (κ3) is 5.44. The van der Waals surface area contributed by atoms with Gasteiger partial charge in [-0.25, -0.2) is 4.79 Å². The van der Waals surface area contributed by atoms with Gasteiger partial charge in [0.1, 0.15) is 0 Å². The minimum atomic E-state index is -1.66. The van der Waals surface area contributed by atoms with E-state index in [0.29, 0.717) is 16.7 Å². The fourth-order valence-corrected chi connectivity index (χ4v) is 3.49. The normalized spacial score (nSPS) is 12.3. The van der Waals surface area contributed by atoms with Crippen LogP contribution in [-0.2, 0) is 15.1 Å². The highest BCUT2D eigenvalue weighted by molar-refractivity contribution is 5.97. The van der Waals surface area contributed by atoms with E-state index in [1.165, 1.54) is 43.3 Å². The molecule has 0 saturated carbocycles. The van der Waals surface area contributed by atoms with Crippen molar-refractivity contribution in [3.8, 4) is 24.2 Å². The predicted molar refractivity (Wildman–Crippen MR) is 130 cm³/mol. The Labute approximate surface area is 201 Å². The number of benzene rings is 3. The molecule has 0 saturated heterocycles. The van der Waals surface area contributed by atoms with Crippen molar-refractivity contribution in [1.29, 1.82) is 0 Å². The molecular weight excluding hydrogens is 446 g/mol. The monoisotopic (exact) mass is 465 g/mol. The molecule has 0 spiro atoms. The molecule has 1 N–H and O–H groups in total. The van der Waals surface area contributed by atoms with Crippen molar-refractivity contribution in [3.63, 3.8) is 0 Å². The first-order valence-corrected chi connectivity index (χ1v) is 10.3. The SMILES string of the molecule is C#C/C=C(/C#CC(OC(C)=O)(c1ccccc1)c1ccc([N+](=O)[O-])cc1)c1ccccc1C(=O)O. The molecule has 0 amide bonds. The molecule has 7 heteroatoms. The number of rotatable bonds is 6. The number of esters is 1. The number of carbonyl (C=O) groups is 2. The molecule has 35 heavy (non-hydrogen) atoms. The summed E-state index contributed by atoms with van der Waals surface area (Å²) in [5.74, 6) is 6.45. The lowest BCUT2D eigenvalue weighted by Gasteiger charge is -2.29. The van der Waals surface area contributed by atoms with Gasteiger partial charge in [0.15, 0.2) is 0 Å². The number of hydrogen-bond donors (Lipinski definition) is 1. The molecule has 7 nitrogen and oxygen atoms in total. The first-order valence-electron chi connectivity index (χ1n) is 10.3. The van der Waals surface area contributed by atoms with Gasteiger partial charge < -0.3 is 9.84 Å². The summed E-state index contributed by atoms with van der Waals surface area (Å²) in [4.78, 5) is 34.6. The highest BCUT2D eigenvalue weighted by Gasteiger charge is 2.36. The Morgan fingerprint density at radius 2 is 1.54 bits per heavy atom. The van der Waals surface area contributed by atoms with E-state index in [4.69, 9.17) is 11.2 Å². The van der Waals surface area contributed by atoms with E-state index in [0.717, 1.165) is 0 Å². The Balaban J connectivity index is 2.31. The van der Waals surface area contributed by atoms with Crippen LogP contribution in [0.4, 0.5) is 5.69 Å². The molecular formula is C28H19NO6. The number of ether oxygens (including phenoxy) is 1. The van der Waals surface area contributed by atoms with Crippen molar-refractivity contribution >= 4 is 23.2 Å². The number of hydrogen-bond acceptors (Lipinski definition) is 5. The zero-order chi connectivity index (χ0) is 25.4. The molecule has 0 aliphatic carbocycles. The number of aromatic carboxylic acids is 1. The molecule has 172 valence electrons. The van der Waals surface area contributed by atoms with E-state index in [2.05, 4.69) is 17.8 Å². The van der Waals surface area contributed by atoms with Crippen molar-refractivity contribution in [1.82, 2.24) is 0 Å². The third-order valence-electron chi connectivity index (χ3n) is 5.01. The molecule has 3 aromatic carbocycles. The first-order chi connectivity index (χ1) is 16.8. The average Bonchev–Trinajstić information content (AvgIpc) is 2.86. The van der Waals surface area contributed by atoms with Crippen molar-refractivity contribution in [2.75, 3.05) is 0 Å². The zero-order valence-corrected chi connectivity index (χ0v) is 18.6. The van der Waals surface area contributed by atoms with E-state index < -0.39 is 22.5 Å². The van der Waals surface area contributed by atoms with Crippen LogP contribution >= 0.6 is 0 Å². The van der Waals surface area contributed by atoms with Crippen LogP contribution in [0.2, 0.25) is 0 Å². The lowest BCUT2D eigenvalue weighted by atomic mass is 9.85. The van der Waals surface area contributed by atoms with E-state index in [1.807, 2.05) is 0 Å². The summed E-state index contributed by atoms with van der Waals surface area (Å²) >= 11 is 0. The van der Waals surface area contributed by atoms with Crippen molar-refractivity contribution < 1.29 is 24.4 Å². The Kier molecular flexibility index (Phi) is 7.46. The minimum absolute atomic E-state index is 0.00330. The summed E-state index contributed by atoms with van der Waals surface area (Å²) in [6, 6.07) is 20.4. The van der Waals surface area contributed by atoms with Gasteiger partial charge in [-0.15, -0.1) is 6.42 Å². The van der Waals surface area contributed by atoms with Crippen LogP contribution in [-0.4, -0.2) is 22.0 Å². The molecule has 0 aromatic heterocycles. The van der Waals surface area contributed by atoms with Crippen LogP contribution in [0.3, 0.4) is 0 Å². The Hall–Kier alpha value is -5.14. The average molecular weight is 465 g/mol. The standard InChI is InChI=1S/C28H19NO6/c1-3-9-21(25-12-7-8-13-26(25)27(31)32)18-19-28(35-20(2)30,22-10-5-4-6-11-22)23-14-16-24(17-15-23)29(33)34/h1,4-17H,2H3,(H,31,32)/b21-9-. The molecule has 1 atom stereocenters. The number of non-ortho nitro benzene ring substituents is 1. The number of allylic oxidation sites excluding steroid dienone is 2. The van der Waals surface area contributed by atoms with Gasteiger partial charge in [0.2, 0.25) is 5.60 Å². The fourth-order valence-electron chi connectivity index (χ4n) is 3.49. The van der Waals surface area contributed by atoms with Crippen LogP contribution in [0, 0.1) is 34.3 Å². The first kappa shape index (κ1) is 24.5. The molecule has 0 bridgehead atoms. The second-order valence-electron chi connectivity index (χ2n) is 7.27. The number of terminal acetylenes is 1. The second-order valence-corrected chi connectivity index (χ2v) is 7.27. The van der Waals surface area contributed by atoms with Gasteiger partial charge in [0, 0.05) is 47.4 Å². The van der Waals surface area contributed by atoms with Crippen molar-refractivity contribution in [2.24, 2.45) is 0 Å². The van der Waals surface area contributed by atoms with Crippen molar-refractivity contribution in [3.05, 3.63) is 117 Å². The van der Waals surface area contributed by atoms with E-state index in [9.17, 15) is 24.8 Å². The lowest BCUT2D eigenvalue weighted by molar-refractivity contribution is -0.384. The smallest absolute Gasteiger partial charge is 0.336 e. The van der Waals surface area contributed by atoms with Crippen LogP contribution in [0.5, 0.6) is 0 Å². The summed E-state index contributed by atoms with van der Waals surface area (Å²) in [5, 5.41) is 20.8. The van der Waals surface area contributed by atoms with Crippen LogP contribution < -0.4 is 0 Å². The molecule has 0 aliphatic rings. The minimum Gasteiger partial charge on any atom is -0.478 e. The third-order valence-corrected chi connectivity index (χ3v) is 5.01. The highest BCUT2D eigenvalue weighted by atomic mass is 16.6. The number of nitro benzene ring substituents is 1. The molecule has 0 radical (unpaired) electrons. The molecule has 0 heterocycles. The number of carboxylic acids is 1. The highest BCUT2D eigenvalue weighted by Crippen LogP contribution is 2.35. The van der Waals surface area contributed by atoms with Gasteiger partial charge >= 0.3 is 11.9 Å². The van der Waals surface area contributed by atoms with Gasteiger partial charge in [-0.2, -0.15) is 0 Å². The van der Waals surface area contributed by atoms with Gasteiger partial charge in [-0.05, 0) is 24.1 Å². The zero-order valence-electron chi connectivity index (χ0n) is 18.6. The Morgan fingerprint density at radius 3 is 2.09 bits per heavy atom. The van der Waals surface area contributed by atoms with Gasteiger partial charge in [0.05, 0.1) is 10.5 Å². The maximum Gasteiger partial charge on any atom is 0.336 e. The summed E-state index contributed by atoms with van der Waals surface area (Å²) in [5.41, 5.74) is -0.439. The fraction of sp³-hybridized carbons (Fsp3) is 0.0714. The van der Waals surface area contributed by atoms with Crippen molar-refractivity contribution in [2.45, 2.75) is 12.5 Å². The van der Waals surface area contributed by atoms with E-state index in [1.54, 1.807) is 48.5 Å². The van der Waals surface area contributed by atoms with E-state index in [-0.39, 0.29) is 16.8 Å². The maximum atomic E-state index is 12.2. The second kappa shape index (κ2) is 10.7. The molecule has 1 unspecified atom stereocenters. The topological polar surface area (TPSA) is 107 Å². The maximum absolute atomic E-state index is 12.2. The number of carboxylic acid groups (broad SMARTS) is 1. The van der Waals surface area contributed by atoms with Gasteiger partial charge in [-0.1, -0.05) is 60.4 Å². The number of nitro groups is 1. The predicted octanol–water partition coefficient (Wildman–Crippen LogP) is 4.82. The summed E-state index contributed by atoms with van der Waals surface area (Å²) in [7, 11) is 0. The lowest BCUT2D eigenvalue weighted by Crippen LogP contribution is -2.31. The largest absolute Gasteiger partial charge is 0.478 e. The number of nitrogens with zero attached hydrogens (tertiary/aromatic N) is 1. The summed E-state index contributed by atoms with van der Waals surface area (Å²) in [6.07, 6.45) is 6.82. The quantitative estimate of drug-likeness (QED) is 0.242. The molecule has 3 rings (SSSR count). The van der Waals surface area contributed by atoms with E-state index >= 15 is 0 Å². The van der Waals surface area contributed by atoms with Crippen LogP contribution in [0.25, 0.3) is 5.57 Å². The van der Waals surface area contributed by atoms with Gasteiger partial charge in [0.25, 0.3) is 5.69 Å². The molecule has 0 aliphatic heterocycles. The van der Waals surface area contributed by atoms with Crippen LogP contribution in [0.1, 0.15) is 34.0 Å². The Morgan fingerprint density at radius 1 is 0.971 bits per heavy atom. The summed E-state index contributed by atoms with van der Waals surface area (Å²) in [6.45, 7) is 1.22.